The number of aryl methyl sites for hydroxylation is 1. The first kappa shape index (κ1) is 14.6. The molecule has 0 radical (unpaired) electrons. The molecule has 0 aliphatic carbocycles. The molecule has 1 unspecified atom stereocenters. The van der Waals surface area contributed by atoms with Crippen LogP contribution in [0.25, 0.3) is 0 Å². The molecule has 1 aromatic rings. The lowest BCUT2D eigenvalue weighted by molar-refractivity contribution is -0.138. The summed E-state index contributed by atoms with van der Waals surface area (Å²) in [6, 6.07) is 8.01. The Morgan fingerprint density at radius 2 is 1.94 bits per heavy atom. The summed E-state index contributed by atoms with van der Waals surface area (Å²) in [5, 5.41) is 8.63. The van der Waals surface area contributed by atoms with Gasteiger partial charge in [-0.15, -0.1) is 0 Å². The van der Waals surface area contributed by atoms with Crippen LogP contribution in [-0.4, -0.2) is 17.7 Å². The zero-order chi connectivity index (χ0) is 13.4. The fourth-order valence-electron chi connectivity index (χ4n) is 1.82. The maximum Gasteiger partial charge on any atom is 0.303 e. The van der Waals surface area contributed by atoms with Gasteiger partial charge in [-0.2, -0.15) is 0 Å². The molecular weight excluding hydrogens is 228 g/mol. The van der Waals surface area contributed by atoms with E-state index in [2.05, 4.69) is 0 Å². The van der Waals surface area contributed by atoms with Crippen LogP contribution in [0.15, 0.2) is 24.3 Å². The second-order valence-electron chi connectivity index (χ2n) is 4.86. The minimum absolute atomic E-state index is 0.252. The van der Waals surface area contributed by atoms with Crippen molar-refractivity contribution in [1.82, 2.24) is 0 Å². The van der Waals surface area contributed by atoms with Gasteiger partial charge < -0.3 is 9.84 Å². The van der Waals surface area contributed by atoms with Crippen molar-refractivity contribution in [2.24, 2.45) is 5.92 Å². The van der Waals surface area contributed by atoms with Crippen LogP contribution in [0, 0.1) is 12.8 Å². The van der Waals surface area contributed by atoms with E-state index in [0.29, 0.717) is 6.61 Å². The first-order chi connectivity index (χ1) is 8.58. The fraction of sp³-hybridized carbons (Fsp3) is 0.533. The number of benzene rings is 1. The van der Waals surface area contributed by atoms with Gasteiger partial charge in [0.2, 0.25) is 0 Å². The smallest absolute Gasteiger partial charge is 0.303 e. The molecule has 0 spiro atoms. The third-order valence-corrected chi connectivity index (χ3v) is 2.90. The number of carboxylic acid groups (broad SMARTS) is 1. The van der Waals surface area contributed by atoms with E-state index in [0.717, 1.165) is 25.0 Å². The number of carboxylic acids is 1. The van der Waals surface area contributed by atoms with E-state index in [4.69, 9.17) is 9.84 Å². The van der Waals surface area contributed by atoms with Crippen molar-refractivity contribution in [2.75, 3.05) is 6.61 Å². The zero-order valence-corrected chi connectivity index (χ0v) is 11.2. The van der Waals surface area contributed by atoms with E-state index in [-0.39, 0.29) is 12.3 Å². The molecule has 0 amide bonds. The average molecular weight is 250 g/mol. The Morgan fingerprint density at radius 3 is 2.56 bits per heavy atom. The number of aliphatic carboxylic acids is 1. The highest BCUT2D eigenvalue weighted by molar-refractivity contribution is 5.66. The van der Waals surface area contributed by atoms with Crippen molar-refractivity contribution in [3.63, 3.8) is 0 Å². The lowest BCUT2D eigenvalue weighted by Gasteiger charge is -2.09. The lowest BCUT2D eigenvalue weighted by atomic mass is 10.0. The van der Waals surface area contributed by atoms with Gasteiger partial charge in [0.15, 0.2) is 0 Å². The first-order valence-electron chi connectivity index (χ1n) is 6.49. The summed E-state index contributed by atoms with van der Waals surface area (Å²) >= 11 is 0. The van der Waals surface area contributed by atoms with Crippen molar-refractivity contribution < 1.29 is 14.6 Å². The van der Waals surface area contributed by atoms with Crippen LogP contribution in [0.4, 0.5) is 0 Å². The van der Waals surface area contributed by atoms with Gasteiger partial charge in [0, 0.05) is 6.42 Å². The summed E-state index contributed by atoms with van der Waals surface area (Å²) in [5.74, 6) is 0.444. The van der Waals surface area contributed by atoms with E-state index in [1.54, 1.807) is 0 Å². The van der Waals surface area contributed by atoms with Gasteiger partial charge >= 0.3 is 5.97 Å². The highest BCUT2D eigenvalue weighted by Crippen LogP contribution is 2.14. The molecule has 18 heavy (non-hydrogen) atoms. The van der Waals surface area contributed by atoms with Crippen molar-refractivity contribution >= 4 is 5.97 Å². The van der Waals surface area contributed by atoms with Crippen LogP contribution in [-0.2, 0) is 4.79 Å². The van der Waals surface area contributed by atoms with Crippen molar-refractivity contribution in [3.8, 4) is 5.75 Å². The molecule has 0 fully saturated rings. The quantitative estimate of drug-likeness (QED) is 0.716. The third kappa shape index (κ3) is 6.28. The second-order valence-corrected chi connectivity index (χ2v) is 4.86. The van der Waals surface area contributed by atoms with Gasteiger partial charge in [0.05, 0.1) is 6.61 Å². The van der Waals surface area contributed by atoms with E-state index in [1.165, 1.54) is 5.56 Å². The minimum Gasteiger partial charge on any atom is -0.494 e. The van der Waals surface area contributed by atoms with Gasteiger partial charge in [-0.1, -0.05) is 31.0 Å². The topological polar surface area (TPSA) is 46.5 Å². The van der Waals surface area contributed by atoms with E-state index < -0.39 is 5.97 Å². The molecule has 0 aliphatic rings. The van der Waals surface area contributed by atoms with E-state index >= 15 is 0 Å². The van der Waals surface area contributed by atoms with Crippen LogP contribution >= 0.6 is 0 Å². The predicted molar refractivity (Wildman–Crippen MR) is 71.9 cm³/mol. The lowest BCUT2D eigenvalue weighted by Crippen LogP contribution is -2.05. The summed E-state index contributed by atoms with van der Waals surface area (Å²) in [6.45, 7) is 4.73. The Labute approximate surface area is 109 Å². The Kier molecular flexibility index (Phi) is 6.26. The van der Waals surface area contributed by atoms with Gasteiger partial charge in [0.1, 0.15) is 5.75 Å². The normalized spacial score (nSPS) is 12.1. The van der Waals surface area contributed by atoms with Gasteiger partial charge in [0.25, 0.3) is 0 Å². The maximum absolute atomic E-state index is 10.5. The molecule has 1 N–H and O–H groups in total. The molecule has 0 saturated carbocycles. The average Bonchev–Trinajstić information content (AvgIpc) is 2.30. The van der Waals surface area contributed by atoms with Crippen LogP contribution in [0.5, 0.6) is 5.75 Å². The Morgan fingerprint density at radius 1 is 1.28 bits per heavy atom. The number of carbonyl (C=O) groups is 1. The van der Waals surface area contributed by atoms with Gasteiger partial charge in [-0.05, 0) is 37.8 Å². The van der Waals surface area contributed by atoms with E-state index in [1.807, 2.05) is 38.1 Å². The van der Waals surface area contributed by atoms with Crippen LogP contribution in [0.3, 0.4) is 0 Å². The van der Waals surface area contributed by atoms with Crippen molar-refractivity contribution in [2.45, 2.75) is 39.5 Å². The second kappa shape index (κ2) is 7.75. The SMILES string of the molecule is Cc1ccc(OCCCCC(C)CC(=O)O)cc1. The summed E-state index contributed by atoms with van der Waals surface area (Å²) in [6.07, 6.45) is 3.19. The summed E-state index contributed by atoms with van der Waals surface area (Å²) in [4.78, 5) is 10.5. The first-order valence-corrected chi connectivity index (χ1v) is 6.49. The molecule has 1 aromatic carbocycles. The third-order valence-electron chi connectivity index (χ3n) is 2.90. The molecule has 0 bridgehead atoms. The van der Waals surface area contributed by atoms with Gasteiger partial charge in [-0.25, -0.2) is 0 Å². The van der Waals surface area contributed by atoms with Crippen LogP contribution in [0.2, 0.25) is 0 Å². The summed E-state index contributed by atoms with van der Waals surface area (Å²) in [5.41, 5.74) is 1.23. The minimum atomic E-state index is -0.710. The van der Waals surface area contributed by atoms with Crippen molar-refractivity contribution in [3.05, 3.63) is 29.8 Å². The molecule has 3 nitrogen and oxygen atoms in total. The molecule has 1 atom stereocenters. The number of hydrogen-bond acceptors (Lipinski definition) is 2. The monoisotopic (exact) mass is 250 g/mol. The molecule has 1 rings (SSSR count). The fourth-order valence-corrected chi connectivity index (χ4v) is 1.82. The highest BCUT2D eigenvalue weighted by atomic mass is 16.5. The van der Waals surface area contributed by atoms with Crippen LogP contribution in [0.1, 0.15) is 38.2 Å². The van der Waals surface area contributed by atoms with Crippen LogP contribution < -0.4 is 4.74 Å². The van der Waals surface area contributed by atoms with Crippen molar-refractivity contribution in [1.29, 1.82) is 0 Å². The molecule has 0 heterocycles. The molecule has 0 aromatic heterocycles. The molecule has 3 heteroatoms. The van der Waals surface area contributed by atoms with Gasteiger partial charge in [-0.3, -0.25) is 4.79 Å². The number of unbranched alkanes of at least 4 members (excludes halogenated alkanes) is 1. The molecular formula is C15H22O3. The molecule has 0 saturated heterocycles. The predicted octanol–water partition coefficient (Wildman–Crippen LogP) is 3.65. The summed E-state index contributed by atoms with van der Waals surface area (Å²) < 4.78 is 5.61. The number of hydrogen-bond donors (Lipinski definition) is 1. The van der Waals surface area contributed by atoms with E-state index in [9.17, 15) is 4.79 Å². The molecule has 100 valence electrons. The Hall–Kier alpha value is -1.51. The number of rotatable bonds is 8. The number of ether oxygens (including phenoxy) is 1. The Bertz CT molecular complexity index is 357. The highest BCUT2D eigenvalue weighted by Gasteiger charge is 2.06. The Balaban J connectivity index is 2.08. The summed E-state index contributed by atoms with van der Waals surface area (Å²) in [7, 11) is 0. The zero-order valence-electron chi connectivity index (χ0n) is 11.2. The molecule has 0 aliphatic heterocycles. The maximum atomic E-state index is 10.5. The largest absolute Gasteiger partial charge is 0.494 e. The standard InChI is InChI=1S/C15H22O3/c1-12-6-8-14(9-7-12)18-10-4-3-5-13(2)11-15(16)17/h6-9,13H,3-5,10-11H2,1-2H3,(H,16,17).